The minimum absolute atomic E-state index is 0.252. The van der Waals surface area contributed by atoms with Crippen molar-refractivity contribution in [3.63, 3.8) is 0 Å². The lowest BCUT2D eigenvalue weighted by atomic mass is 10.2. The standard InChI is InChI=1S/C18H13FN2OS/c19-15-6-2-1-5-14(15)16-10-8-13(23-16)9-11-18(22)21-17-7-3-4-12-20-17/h1-12H,(H,20,21,22). The van der Waals surface area contributed by atoms with E-state index in [0.29, 0.717) is 11.4 Å². The van der Waals surface area contributed by atoms with E-state index in [0.717, 1.165) is 9.75 Å². The van der Waals surface area contributed by atoms with Gasteiger partial charge in [0.15, 0.2) is 0 Å². The minimum Gasteiger partial charge on any atom is -0.307 e. The first-order valence-electron chi connectivity index (χ1n) is 6.97. The Bertz CT molecular complexity index is 843. The number of benzene rings is 1. The molecule has 0 bridgehead atoms. The fourth-order valence-corrected chi connectivity index (χ4v) is 2.95. The quantitative estimate of drug-likeness (QED) is 0.713. The number of halogens is 1. The number of carbonyl (C=O) groups excluding carboxylic acids is 1. The Hall–Kier alpha value is -2.79. The lowest BCUT2D eigenvalue weighted by molar-refractivity contribution is -0.111. The number of thiophene rings is 1. The molecule has 1 amide bonds. The van der Waals surface area contributed by atoms with Crippen LogP contribution in [0.3, 0.4) is 0 Å². The SMILES string of the molecule is O=C(C=Cc1ccc(-c2ccccc2F)s1)Nc1ccccn1. The van der Waals surface area contributed by atoms with Crippen LogP contribution in [0, 0.1) is 5.82 Å². The molecular weight excluding hydrogens is 311 g/mol. The summed E-state index contributed by atoms with van der Waals surface area (Å²) in [4.78, 5) is 17.5. The summed E-state index contributed by atoms with van der Waals surface area (Å²) in [5.74, 6) is -0.0114. The zero-order valence-corrected chi connectivity index (χ0v) is 12.9. The molecule has 0 saturated heterocycles. The predicted octanol–water partition coefficient (Wildman–Crippen LogP) is 4.60. The molecule has 0 aliphatic carbocycles. The molecule has 0 atom stereocenters. The maximum atomic E-state index is 13.8. The molecule has 0 radical (unpaired) electrons. The van der Waals surface area contributed by atoms with E-state index in [2.05, 4.69) is 10.3 Å². The van der Waals surface area contributed by atoms with Crippen LogP contribution in [0.2, 0.25) is 0 Å². The van der Waals surface area contributed by atoms with Gasteiger partial charge in [-0.25, -0.2) is 9.37 Å². The smallest absolute Gasteiger partial charge is 0.249 e. The van der Waals surface area contributed by atoms with Gasteiger partial charge >= 0.3 is 0 Å². The van der Waals surface area contributed by atoms with Crippen LogP contribution in [-0.2, 0) is 4.79 Å². The van der Waals surface area contributed by atoms with E-state index in [1.807, 2.05) is 12.1 Å². The van der Waals surface area contributed by atoms with Crippen molar-refractivity contribution < 1.29 is 9.18 Å². The first kappa shape index (κ1) is 15.1. The number of hydrogen-bond acceptors (Lipinski definition) is 3. The highest BCUT2D eigenvalue weighted by atomic mass is 32.1. The number of nitrogens with zero attached hydrogens (tertiary/aromatic N) is 1. The Morgan fingerprint density at radius 3 is 2.70 bits per heavy atom. The number of amides is 1. The lowest BCUT2D eigenvalue weighted by Gasteiger charge is -1.99. The van der Waals surface area contributed by atoms with Gasteiger partial charge in [0.2, 0.25) is 5.91 Å². The zero-order valence-electron chi connectivity index (χ0n) is 12.1. The van der Waals surface area contributed by atoms with Crippen LogP contribution in [0.4, 0.5) is 10.2 Å². The molecule has 1 aromatic carbocycles. The topological polar surface area (TPSA) is 42.0 Å². The molecule has 1 N–H and O–H groups in total. The maximum Gasteiger partial charge on any atom is 0.249 e. The van der Waals surface area contributed by atoms with Gasteiger partial charge in [-0.2, -0.15) is 0 Å². The van der Waals surface area contributed by atoms with Gasteiger partial charge in [0.1, 0.15) is 11.6 Å². The molecule has 0 saturated carbocycles. The monoisotopic (exact) mass is 324 g/mol. The summed E-state index contributed by atoms with van der Waals surface area (Å²) in [6.07, 6.45) is 4.75. The summed E-state index contributed by atoms with van der Waals surface area (Å²) in [7, 11) is 0. The molecular formula is C18H13FN2OS. The molecule has 0 fully saturated rings. The van der Waals surface area contributed by atoms with Gasteiger partial charge in [-0.3, -0.25) is 4.79 Å². The molecule has 0 spiro atoms. The summed E-state index contributed by atoms with van der Waals surface area (Å²) in [5.41, 5.74) is 0.565. The van der Waals surface area contributed by atoms with Crippen LogP contribution in [0.5, 0.6) is 0 Å². The third kappa shape index (κ3) is 3.90. The van der Waals surface area contributed by atoms with Crippen molar-refractivity contribution in [2.24, 2.45) is 0 Å². The normalized spacial score (nSPS) is 10.8. The second kappa shape index (κ2) is 6.98. The third-order valence-corrected chi connectivity index (χ3v) is 4.17. The van der Waals surface area contributed by atoms with Crippen LogP contribution in [0.15, 0.2) is 66.9 Å². The van der Waals surface area contributed by atoms with Crippen molar-refractivity contribution in [2.75, 3.05) is 5.32 Å². The number of nitrogens with one attached hydrogen (secondary N) is 1. The number of rotatable bonds is 4. The fraction of sp³-hybridized carbons (Fsp3) is 0. The number of aromatic nitrogens is 1. The Morgan fingerprint density at radius 1 is 1.09 bits per heavy atom. The van der Waals surface area contributed by atoms with Crippen molar-refractivity contribution in [1.82, 2.24) is 4.98 Å². The van der Waals surface area contributed by atoms with E-state index in [9.17, 15) is 9.18 Å². The van der Waals surface area contributed by atoms with E-state index in [1.165, 1.54) is 23.5 Å². The Morgan fingerprint density at radius 2 is 1.91 bits per heavy atom. The van der Waals surface area contributed by atoms with Crippen LogP contribution in [0.25, 0.3) is 16.5 Å². The average Bonchev–Trinajstić information content (AvgIpc) is 3.03. The van der Waals surface area contributed by atoms with Gasteiger partial charge in [0.05, 0.1) is 0 Å². The van der Waals surface area contributed by atoms with E-state index >= 15 is 0 Å². The molecule has 5 heteroatoms. The third-order valence-electron chi connectivity index (χ3n) is 3.08. The van der Waals surface area contributed by atoms with Crippen LogP contribution in [-0.4, -0.2) is 10.9 Å². The number of hydrogen-bond donors (Lipinski definition) is 1. The number of carbonyl (C=O) groups is 1. The molecule has 3 aromatic rings. The van der Waals surface area contributed by atoms with Crippen molar-refractivity contribution in [3.8, 4) is 10.4 Å². The minimum atomic E-state index is -0.260. The maximum absolute atomic E-state index is 13.8. The second-order valence-electron chi connectivity index (χ2n) is 4.72. The fourth-order valence-electron chi connectivity index (χ4n) is 2.01. The highest BCUT2D eigenvalue weighted by molar-refractivity contribution is 7.16. The Labute approximate surface area is 137 Å². The number of pyridine rings is 1. The summed E-state index contributed by atoms with van der Waals surface area (Å²) >= 11 is 1.43. The van der Waals surface area contributed by atoms with Gasteiger partial charge in [-0.05, 0) is 36.4 Å². The number of anilines is 1. The van der Waals surface area contributed by atoms with Crippen molar-refractivity contribution >= 4 is 29.1 Å². The molecule has 0 aliphatic heterocycles. The zero-order chi connectivity index (χ0) is 16.1. The van der Waals surface area contributed by atoms with Crippen molar-refractivity contribution in [2.45, 2.75) is 0 Å². The summed E-state index contributed by atoms with van der Waals surface area (Å²) < 4.78 is 13.8. The van der Waals surface area contributed by atoms with E-state index in [1.54, 1.807) is 48.7 Å². The highest BCUT2D eigenvalue weighted by Gasteiger charge is 2.06. The molecule has 114 valence electrons. The van der Waals surface area contributed by atoms with Crippen molar-refractivity contribution in [1.29, 1.82) is 0 Å². The molecule has 3 rings (SSSR count). The molecule has 2 heterocycles. The summed E-state index contributed by atoms with van der Waals surface area (Å²) in [6.45, 7) is 0. The largest absolute Gasteiger partial charge is 0.307 e. The Balaban J connectivity index is 1.69. The average molecular weight is 324 g/mol. The van der Waals surface area contributed by atoms with Crippen molar-refractivity contribution in [3.05, 3.63) is 77.6 Å². The van der Waals surface area contributed by atoms with Crippen LogP contribution in [0.1, 0.15) is 4.88 Å². The summed E-state index contributed by atoms with van der Waals surface area (Å²) in [5, 5.41) is 2.67. The second-order valence-corrected chi connectivity index (χ2v) is 5.83. The van der Waals surface area contributed by atoms with Gasteiger partial charge in [-0.15, -0.1) is 11.3 Å². The molecule has 2 aromatic heterocycles. The summed E-state index contributed by atoms with van der Waals surface area (Å²) in [6, 6.07) is 15.6. The van der Waals surface area contributed by atoms with Gasteiger partial charge in [0.25, 0.3) is 0 Å². The molecule has 3 nitrogen and oxygen atoms in total. The Kier molecular flexibility index (Phi) is 4.59. The van der Waals surface area contributed by atoms with Gasteiger partial charge in [-0.1, -0.05) is 24.3 Å². The molecule has 23 heavy (non-hydrogen) atoms. The molecule has 0 unspecified atom stereocenters. The van der Waals surface area contributed by atoms with Crippen LogP contribution < -0.4 is 5.32 Å². The highest BCUT2D eigenvalue weighted by Crippen LogP contribution is 2.30. The predicted molar refractivity (Wildman–Crippen MR) is 91.6 cm³/mol. The first-order chi connectivity index (χ1) is 11.2. The first-order valence-corrected chi connectivity index (χ1v) is 7.79. The van der Waals surface area contributed by atoms with Gasteiger partial charge < -0.3 is 5.32 Å². The van der Waals surface area contributed by atoms with E-state index in [4.69, 9.17) is 0 Å². The lowest BCUT2D eigenvalue weighted by Crippen LogP contribution is -2.08. The van der Waals surface area contributed by atoms with Crippen LogP contribution >= 0.6 is 11.3 Å². The van der Waals surface area contributed by atoms with Gasteiger partial charge in [0, 0.05) is 27.6 Å². The molecule has 0 aliphatic rings. The van der Waals surface area contributed by atoms with E-state index < -0.39 is 0 Å². The van der Waals surface area contributed by atoms with E-state index in [-0.39, 0.29) is 11.7 Å².